The van der Waals surface area contributed by atoms with Gasteiger partial charge in [0.1, 0.15) is 0 Å². The maximum absolute atomic E-state index is 5.45. The molecule has 0 aromatic carbocycles. The van der Waals surface area contributed by atoms with E-state index in [1.807, 2.05) is 0 Å². The molecule has 3 nitrogen and oxygen atoms in total. The summed E-state index contributed by atoms with van der Waals surface area (Å²) in [6.07, 6.45) is 1.20. The molecule has 0 bridgehead atoms. The fourth-order valence-corrected chi connectivity index (χ4v) is 2.03. The average molecular weight is 214 g/mol. The van der Waals surface area contributed by atoms with Gasteiger partial charge in [-0.25, -0.2) is 0 Å². The largest absolute Gasteiger partial charge is 0.379 e. The maximum atomic E-state index is 5.45. The topological polar surface area (TPSA) is 24.5 Å². The zero-order valence-corrected chi connectivity index (χ0v) is 10.6. The molecule has 1 N–H and O–H groups in total. The molecule has 1 rings (SSSR count). The van der Waals surface area contributed by atoms with Gasteiger partial charge in [-0.05, 0) is 27.2 Å². The van der Waals surface area contributed by atoms with Crippen molar-refractivity contribution in [1.82, 2.24) is 10.2 Å². The normalized spacial score (nSPS) is 27.6. The number of nitrogens with one attached hydrogen (secondary N) is 1. The standard InChI is InChI=1S/C12H26N2O/c1-5-10(2)13-8-11(3)14-6-7-15-9-12(14)4/h10-13H,5-9H2,1-4H3. The summed E-state index contributed by atoms with van der Waals surface area (Å²) in [7, 11) is 0. The predicted octanol–water partition coefficient (Wildman–Crippen LogP) is 1.48. The van der Waals surface area contributed by atoms with E-state index in [0.29, 0.717) is 18.1 Å². The molecular weight excluding hydrogens is 188 g/mol. The number of rotatable bonds is 5. The summed E-state index contributed by atoms with van der Waals surface area (Å²) in [6.45, 7) is 12.9. The van der Waals surface area contributed by atoms with E-state index >= 15 is 0 Å². The fourth-order valence-electron chi connectivity index (χ4n) is 2.03. The quantitative estimate of drug-likeness (QED) is 0.750. The summed E-state index contributed by atoms with van der Waals surface area (Å²) in [6, 6.07) is 1.80. The molecule has 0 saturated carbocycles. The second-order valence-electron chi connectivity index (χ2n) is 4.73. The van der Waals surface area contributed by atoms with E-state index in [1.54, 1.807) is 0 Å². The molecule has 3 atom stereocenters. The highest BCUT2D eigenvalue weighted by atomic mass is 16.5. The summed E-state index contributed by atoms with van der Waals surface area (Å²) in [5.41, 5.74) is 0. The van der Waals surface area contributed by atoms with E-state index in [2.05, 4.69) is 37.9 Å². The van der Waals surface area contributed by atoms with Crippen LogP contribution in [-0.2, 0) is 4.74 Å². The molecule has 0 amide bonds. The van der Waals surface area contributed by atoms with Gasteiger partial charge in [0.05, 0.1) is 13.2 Å². The average Bonchev–Trinajstić information content (AvgIpc) is 2.26. The van der Waals surface area contributed by atoms with Gasteiger partial charge >= 0.3 is 0 Å². The third-order valence-electron chi connectivity index (χ3n) is 3.36. The Morgan fingerprint density at radius 3 is 2.80 bits per heavy atom. The molecule has 0 aliphatic carbocycles. The molecule has 1 aliphatic rings. The number of hydrogen-bond acceptors (Lipinski definition) is 3. The third kappa shape index (κ3) is 4.09. The number of nitrogens with zero attached hydrogens (tertiary/aromatic N) is 1. The zero-order chi connectivity index (χ0) is 11.3. The molecule has 1 saturated heterocycles. The van der Waals surface area contributed by atoms with E-state index < -0.39 is 0 Å². The molecular formula is C12H26N2O. The lowest BCUT2D eigenvalue weighted by Crippen LogP contribution is -2.52. The van der Waals surface area contributed by atoms with Crippen molar-refractivity contribution in [1.29, 1.82) is 0 Å². The minimum Gasteiger partial charge on any atom is -0.379 e. The minimum atomic E-state index is 0.562. The lowest BCUT2D eigenvalue weighted by Gasteiger charge is -2.38. The Hall–Kier alpha value is -0.120. The second kappa shape index (κ2) is 6.46. The van der Waals surface area contributed by atoms with E-state index in [-0.39, 0.29) is 0 Å². The summed E-state index contributed by atoms with van der Waals surface area (Å²) in [5.74, 6) is 0. The molecule has 15 heavy (non-hydrogen) atoms. The summed E-state index contributed by atoms with van der Waals surface area (Å²) in [4.78, 5) is 2.54. The highest BCUT2D eigenvalue weighted by molar-refractivity contribution is 4.78. The van der Waals surface area contributed by atoms with E-state index in [9.17, 15) is 0 Å². The van der Waals surface area contributed by atoms with E-state index in [1.165, 1.54) is 6.42 Å². The van der Waals surface area contributed by atoms with Crippen molar-refractivity contribution in [2.45, 2.75) is 52.2 Å². The van der Waals surface area contributed by atoms with Crippen LogP contribution >= 0.6 is 0 Å². The smallest absolute Gasteiger partial charge is 0.0619 e. The molecule has 0 aromatic heterocycles. The Kier molecular flexibility index (Phi) is 5.58. The van der Waals surface area contributed by atoms with Crippen LogP contribution in [0.2, 0.25) is 0 Å². The Balaban J connectivity index is 2.28. The van der Waals surface area contributed by atoms with Crippen LogP contribution in [0.5, 0.6) is 0 Å². The molecule has 0 radical (unpaired) electrons. The summed E-state index contributed by atoms with van der Waals surface area (Å²) in [5, 5.41) is 3.57. The predicted molar refractivity (Wildman–Crippen MR) is 64.2 cm³/mol. The monoisotopic (exact) mass is 214 g/mol. The van der Waals surface area contributed by atoms with Crippen LogP contribution in [0.1, 0.15) is 34.1 Å². The number of hydrogen-bond donors (Lipinski definition) is 1. The first-order chi connectivity index (χ1) is 7.15. The summed E-state index contributed by atoms with van der Waals surface area (Å²) < 4.78 is 5.45. The zero-order valence-electron chi connectivity index (χ0n) is 10.6. The van der Waals surface area contributed by atoms with E-state index in [4.69, 9.17) is 4.74 Å². The molecule has 3 heteroatoms. The molecule has 3 unspecified atom stereocenters. The van der Waals surface area contributed by atoms with Crippen LogP contribution in [0.25, 0.3) is 0 Å². The van der Waals surface area contributed by atoms with Gasteiger partial charge in [0.15, 0.2) is 0 Å². The van der Waals surface area contributed by atoms with Gasteiger partial charge in [-0.1, -0.05) is 6.92 Å². The minimum absolute atomic E-state index is 0.562. The molecule has 1 fully saturated rings. The second-order valence-corrected chi connectivity index (χ2v) is 4.73. The van der Waals surface area contributed by atoms with Gasteiger partial charge in [-0.15, -0.1) is 0 Å². The first-order valence-corrected chi connectivity index (χ1v) is 6.22. The maximum Gasteiger partial charge on any atom is 0.0619 e. The molecule has 0 spiro atoms. The van der Waals surface area contributed by atoms with Gasteiger partial charge in [0, 0.05) is 31.2 Å². The first kappa shape index (κ1) is 12.9. The Morgan fingerprint density at radius 2 is 2.20 bits per heavy atom. The lowest BCUT2D eigenvalue weighted by atomic mass is 10.1. The summed E-state index contributed by atoms with van der Waals surface area (Å²) >= 11 is 0. The van der Waals surface area contributed by atoms with Crippen LogP contribution in [-0.4, -0.2) is 49.3 Å². The van der Waals surface area contributed by atoms with E-state index in [0.717, 1.165) is 26.3 Å². The van der Waals surface area contributed by atoms with Crippen molar-refractivity contribution < 1.29 is 4.74 Å². The first-order valence-electron chi connectivity index (χ1n) is 6.22. The number of morpholine rings is 1. The van der Waals surface area contributed by atoms with Crippen molar-refractivity contribution in [3.63, 3.8) is 0 Å². The molecule has 90 valence electrons. The number of ether oxygens (including phenoxy) is 1. The van der Waals surface area contributed by atoms with Crippen molar-refractivity contribution in [3.05, 3.63) is 0 Å². The van der Waals surface area contributed by atoms with Gasteiger partial charge < -0.3 is 10.1 Å². The van der Waals surface area contributed by atoms with Crippen LogP contribution in [0, 0.1) is 0 Å². The van der Waals surface area contributed by atoms with Crippen LogP contribution in [0.15, 0.2) is 0 Å². The third-order valence-corrected chi connectivity index (χ3v) is 3.36. The molecule has 1 aliphatic heterocycles. The highest BCUT2D eigenvalue weighted by Crippen LogP contribution is 2.10. The van der Waals surface area contributed by atoms with Crippen molar-refractivity contribution in [3.8, 4) is 0 Å². The van der Waals surface area contributed by atoms with Crippen LogP contribution in [0.4, 0.5) is 0 Å². The highest BCUT2D eigenvalue weighted by Gasteiger charge is 2.23. The van der Waals surface area contributed by atoms with Gasteiger partial charge in [0.2, 0.25) is 0 Å². The molecule has 0 aromatic rings. The van der Waals surface area contributed by atoms with Crippen molar-refractivity contribution in [2.75, 3.05) is 26.3 Å². The Bertz CT molecular complexity index is 175. The Labute approximate surface area is 94.2 Å². The van der Waals surface area contributed by atoms with Gasteiger partial charge in [-0.2, -0.15) is 0 Å². The van der Waals surface area contributed by atoms with Gasteiger partial charge in [-0.3, -0.25) is 4.90 Å². The van der Waals surface area contributed by atoms with Crippen molar-refractivity contribution >= 4 is 0 Å². The molecule has 1 heterocycles. The fraction of sp³-hybridized carbons (Fsp3) is 1.00. The van der Waals surface area contributed by atoms with Gasteiger partial charge in [0.25, 0.3) is 0 Å². The van der Waals surface area contributed by atoms with Crippen molar-refractivity contribution in [2.24, 2.45) is 0 Å². The SMILES string of the molecule is CCC(C)NCC(C)N1CCOCC1C. The lowest BCUT2D eigenvalue weighted by molar-refractivity contribution is -0.0184. The Morgan fingerprint density at radius 1 is 1.47 bits per heavy atom. The van der Waals surface area contributed by atoms with Crippen LogP contribution in [0.3, 0.4) is 0 Å². The van der Waals surface area contributed by atoms with Crippen LogP contribution < -0.4 is 5.32 Å².